The Morgan fingerprint density at radius 2 is 2.05 bits per heavy atom. The molecule has 0 bridgehead atoms. The van der Waals surface area contributed by atoms with Gasteiger partial charge in [0.15, 0.2) is 0 Å². The quantitative estimate of drug-likeness (QED) is 0.870. The summed E-state index contributed by atoms with van der Waals surface area (Å²) >= 11 is 0. The van der Waals surface area contributed by atoms with Gasteiger partial charge in [-0.1, -0.05) is 32.0 Å². The van der Waals surface area contributed by atoms with Crippen LogP contribution < -0.4 is 5.32 Å². The summed E-state index contributed by atoms with van der Waals surface area (Å²) in [6.07, 6.45) is 5.10. The van der Waals surface area contributed by atoms with Gasteiger partial charge in [-0.2, -0.15) is 0 Å². The smallest absolute Gasteiger partial charge is 0.130 e. The first-order valence-corrected chi connectivity index (χ1v) is 7.49. The number of hydrogen-bond donors (Lipinski definition) is 1. The van der Waals surface area contributed by atoms with Gasteiger partial charge in [-0.3, -0.25) is 0 Å². The normalized spacial score (nSPS) is 12.6. The Hall–Kier alpha value is -1.61. The van der Waals surface area contributed by atoms with Crippen LogP contribution in [0.1, 0.15) is 48.8 Å². The van der Waals surface area contributed by atoms with Gasteiger partial charge in [-0.05, 0) is 43.5 Å². The molecular formula is C17H25N3. The molecule has 108 valence electrons. The second kappa shape index (κ2) is 6.71. The van der Waals surface area contributed by atoms with Gasteiger partial charge < -0.3 is 9.88 Å². The minimum Gasteiger partial charge on any atom is -0.333 e. The molecule has 20 heavy (non-hydrogen) atoms. The third kappa shape index (κ3) is 2.93. The molecule has 1 aromatic heterocycles. The van der Waals surface area contributed by atoms with Crippen LogP contribution in [0, 0.1) is 13.8 Å². The molecule has 1 aromatic carbocycles. The Morgan fingerprint density at radius 3 is 2.75 bits per heavy atom. The van der Waals surface area contributed by atoms with E-state index in [1.165, 1.54) is 16.7 Å². The van der Waals surface area contributed by atoms with Crippen molar-refractivity contribution >= 4 is 0 Å². The van der Waals surface area contributed by atoms with Gasteiger partial charge in [0.25, 0.3) is 0 Å². The largest absolute Gasteiger partial charge is 0.333 e. The number of nitrogens with zero attached hydrogens (tertiary/aromatic N) is 2. The maximum absolute atomic E-state index is 4.60. The first-order chi connectivity index (χ1) is 9.69. The Morgan fingerprint density at radius 1 is 1.25 bits per heavy atom. The van der Waals surface area contributed by atoms with Crippen LogP contribution in [0.15, 0.2) is 30.6 Å². The topological polar surface area (TPSA) is 29.9 Å². The van der Waals surface area contributed by atoms with Gasteiger partial charge in [0, 0.05) is 18.9 Å². The zero-order chi connectivity index (χ0) is 14.5. The molecule has 3 heteroatoms. The SMILES string of the molecule is CCCn1ccnc1C(NCC)c1cccc(C)c1C. The van der Waals surface area contributed by atoms with Crippen LogP contribution in [0.4, 0.5) is 0 Å². The molecule has 0 aliphatic rings. The summed E-state index contributed by atoms with van der Waals surface area (Å²) in [6, 6.07) is 6.68. The maximum atomic E-state index is 4.60. The van der Waals surface area contributed by atoms with Gasteiger partial charge in [0.2, 0.25) is 0 Å². The fraction of sp³-hybridized carbons (Fsp3) is 0.471. The predicted molar refractivity (Wildman–Crippen MR) is 84.0 cm³/mol. The van der Waals surface area contributed by atoms with Crippen LogP contribution in [-0.2, 0) is 6.54 Å². The third-order valence-corrected chi connectivity index (χ3v) is 3.84. The minimum atomic E-state index is 0.168. The Balaban J connectivity index is 2.45. The molecule has 0 aliphatic carbocycles. The third-order valence-electron chi connectivity index (χ3n) is 3.84. The van der Waals surface area contributed by atoms with Crippen LogP contribution in [-0.4, -0.2) is 16.1 Å². The van der Waals surface area contributed by atoms with E-state index in [9.17, 15) is 0 Å². The standard InChI is InChI=1S/C17H25N3/c1-5-11-20-12-10-19-17(20)16(18-6-2)15-9-7-8-13(3)14(15)4/h7-10,12,16,18H,5-6,11H2,1-4H3. The van der Waals surface area contributed by atoms with Crippen molar-refractivity contribution in [3.8, 4) is 0 Å². The van der Waals surface area contributed by atoms with E-state index in [1.54, 1.807) is 0 Å². The number of rotatable bonds is 6. The van der Waals surface area contributed by atoms with Crippen molar-refractivity contribution in [2.24, 2.45) is 0 Å². The molecular weight excluding hydrogens is 246 g/mol. The molecule has 1 unspecified atom stereocenters. The average Bonchev–Trinajstić information content (AvgIpc) is 2.88. The highest BCUT2D eigenvalue weighted by Gasteiger charge is 2.20. The van der Waals surface area contributed by atoms with E-state index >= 15 is 0 Å². The van der Waals surface area contributed by atoms with Crippen molar-refractivity contribution in [2.45, 2.75) is 46.7 Å². The number of aromatic nitrogens is 2. The first-order valence-electron chi connectivity index (χ1n) is 7.49. The van der Waals surface area contributed by atoms with Crippen LogP contribution in [0.3, 0.4) is 0 Å². The summed E-state index contributed by atoms with van der Waals surface area (Å²) in [5, 5.41) is 3.58. The molecule has 0 amide bonds. The Labute approximate surface area is 122 Å². The number of hydrogen-bond acceptors (Lipinski definition) is 2. The van der Waals surface area contributed by atoms with Crippen molar-refractivity contribution < 1.29 is 0 Å². The molecule has 2 aromatic rings. The number of aryl methyl sites for hydroxylation is 2. The van der Waals surface area contributed by atoms with Gasteiger partial charge in [0.05, 0.1) is 6.04 Å². The van der Waals surface area contributed by atoms with Gasteiger partial charge in [-0.15, -0.1) is 0 Å². The number of nitrogens with one attached hydrogen (secondary N) is 1. The molecule has 0 fully saturated rings. The monoisotopic (exact) mass is 271 g/mol. The molecule has 0 saturated carbocycles. The van der Waals surface area contributed by atoms with Gasteiger partial charge in [0.1, 0.15) is 5.82 Å². The summed E-state index contributed by atoms with van der Waals surface area (Å²) < 4.78 is 2.26. The fourth-order valence-electron chi connectivity index (χ4n) is 2.64. The first kappa shape index (κ1) is 14.8. The summed E-state index contributed by atoms with van der Waals surface area (Å²) in [5.74, 6) is 1.11. The molecule has 2 rings (SSSR count). The lowest BCUT2D eigenvalue weighted by atomic mass is 9.97. The lowest BCUT2D eigenvalue weighted by Gasteiger charge is -2.22. The molecule has 0 aliphatic heterocycles. The van der Waals surface area contributed by atoms with E-state index in [4.69, 9.17) is 0 Å². The van der Waals surface area contributed by atoms with E-state index in [0.717, 1.165) is 25.3 Å². The minimum absolute atomic E-state index is 0.168. The molecule has 0 radical (unpaired) electrons. The highest BCUT2D eigenvalue weighted by Crippen LogP contribution is 2.25. The second-order valence-corrected chi connectivity index (χ2v) is 5.26. The van der Waals surface area contributed by atoms with Crippen molar-refractivity contribution in [1.29, 1.82) is 0 Å². The second-order valence-electron chi connectivity index (χ2n) is 5.26. The van der Waals surface area contributed by atoms with Crippen LogP contribution in [0.5, 0.6) is 0 Å². The molecule has 0 spiro atoms. The lowest BCUT2D eigenvalue weighted by Crippen LogP contribution is -2.26. The number of imidazole rings is 1. The fourth-order valence-corrected chi connectivity index (χ4v) is 2.64. The highest BCUT2D eigenvalue weighted by molar-refractivity contribution is 5.38. The predicted octanol–water partition coefficient (Wildman–Crippen LogP) is 3.61. The average molecular weight is 271 g/mol. The zero-order valence-electron chi connectivity index (χ0n) is 13.0. The summed E-state index contributed by atoms with van der Waals surface area (Å²) in [5.41, 5.74) is 4.01. The van der Waals surface area contributed by atoms with Crippen molar-refractivity contribution in [2.75, 3.05) is 6.54 Å². The van der Waals surface area contributed by atoms with Crippen LogP contribution in [0.2, 0.25) is 0 Å². The highest BCUT2D eigenvalue weighted by atomic mass is 15.1. The van der Waals surface area contributed by atoms with E-state index in [0.29, 0.717) is 0 Å². The van der Waals surface area contributed by atoms with E-state index in [1.807, 2.05) is 6.20 Å². The van der Waals surface area contributed by atoms with E-state index in [2.05, 4.69) is 67.0 Å². The van der Waals surface area contributed by atoms with Crippen LogP contribution >= 0.6 is 0 Å². The van der Waals surface area contributed by atoms with Gasteiger partial charge >= 0.3 is 0 Å². The molecule has 1 N–H and O–H groups in total. The lowest BCUT2D eigenvalue weighted by molar-refractivity contribution is 0.542. The molecule has 0 saturated heterocycles. The zero-order valence-corrected chi connectivity index (χ0v) is 13.0. The summed E-state index contributed by atoms with van der Waals surface area (Å²) in [4.78, 5) is 4.60. The number of benzene rings is 1. The van der Waals surface area contributed by atoms with E-state index in [-0.39, 0.29) is 6.04 Å². The molecule has 3 nitrogen and oxygen atoms in total. The summed E-state index contributed by atoms with van der Waals surface area (Å²) in [7, 11) is 0. The van der Waals surface area contributed by atoms with Crippen molar-refractivity contribution in [3.05, 3.63) is 53.1 Å². The summed E-state index contributed by atoms with van der Waals surface area (Å²) in [6.45, 7) is 10.6. The molecule has 1 atom stereocenters. The maximum Gasteiger partial charge on any atom is 0.130 e. The van der Waals surface area contributed by atoms with Crippen molar-refractivity contribution in [3.63, 3.8) is 0 Å². The molecule has 1 heterocycles. The van der Waals surface area contributed by atoms with Crippen LogP contribution in [0.25, 0.3) is 0 Å². The Kier molecular flexibility index (Phi) is 4.96. The van der Waals surface area contributed by atoms with Gasteiger partial charge in [-0.25, -0.2) is 4.98 Å². The van der Waals surface area contributed by atoms with E-state index < -0.39 is 0 Å². The Bertz CT molecular complexity index is 557. The van der Waals surface area contributed by atoms with Crippen molar-refractivity contribution in [1.82, 2.24) is 14.9 Å².